The fourth-order valence-electron chi connectivity index (χ4n) is 3.39. The Labute approximate surface area is 156 Å². The molecule has 0 aromatic heterocycles. The highest BCUT2D eigenvalue weighted by Gasteiger charge is 2.39. The Hall–Kier alpha value is -2.31. The van der Waals surface area contributed by atoms with Gasteiger partial charge in [-0.25, -0.2) is 0 Å². The smallest absolute Gasteiger partial charge is 0.153 e. The van der Waals surface area contributed by atoms with E-state index in [1.807, 2.05) is 31.2 Å². The molecule has 1 aromatic rings. The van der Waals surface area contributed by atoms with Gasteiger partial charge < -0.3 is 10.6 Å². The summed E-state index contributed by atoms with van der Waals surface area (Å²) < 4.78 is 0.989. The van der Waals surface area contributed by atoms with Gasteiger partial charge in [0.15, 0.2) is 5.70 Å². The Bertz CT molecular complexity index is 791. The van der Waals surface area contributed by atoms with Crippen molar-refractivity contribution in [3.8, 4) is 12.1 Å². The van der Waals surface area contributed by atoms with E-state index < -0.39 is 5.54 Å². The number of hydrogen-bond donors (Lipinski definition) is 2. The van der Waals surface area contributed by atoms with Crippen molar-refractivity contribution >= 4 is 21.8 Å². The van der Waals surface area contributed by atoms with E-state index in [0.717, 1.165) is 22.9 Å². The van der Waals surface area contributed by atoms with Gasteiger partial charge in [-0.2, -0.15) is 10.5 Å². The van der Waals surface area contributed by atoms with Crippen LogP contribution < -0.4 is 10.6 Å². The van der Waals surface area contributed by atoms with Crippen LogP contribution in [0.2, 0.25) is 0 Å². The third kappa shape index (κ3) is 3.55. The van der Waals surface area contributed by atoms with Crippen molar-refractivity contribution in [3.63, 3.8) is 0 Å². The number of halogens is 1. The van der Waals surface area contributed by atoms with Crippen LogP contribution in [0.15, 0.2) is 45.1 Å². The zero-order chi connectivity index (χ0) is 17.9. The Morgan fingerprint density at radius 2 is 1.72 bits per heavy atom. The maximum Gasteiger partial charge on any atom is 0.153 e. The topological polar surface area (TPSA) is 84.0 Å². The van der Waals surface area contributed by atoms with E-state index in [9.17, 15) is 10.5 Å². The summed E-state index contributed by atoms with van der Waals surface area (Å²) in [5.74, 6) is 0.706. The third-order valence-electron chi connectivity index (χ3n) is 4.87. The van der Waals surface area contributed by atoms with Crippen LogP contribution in [-0.4, -0.2) is 11.9 Å². The molecule has 2 N–H and O–H groups in total. The summed E-state index contributed by atoms with van der Waals surface area (Å²) in [6.45, 7) is 2.00. The average Bonchev–Trinajstić information content (AvgIpc) is 2.64. The molecule has 0 saturated heterocycles. The molecule has 0 amide bonds. The van der Waals surface area contributed by atoms with Crippen molar-refractivity contribution in [1.29, 1.82) is 10.5 Å². The lowest BCUT2D eigenvalue weighted by Gasteiger charge is -2.38. The fourth-order valence-corrected chi connectivity index (χ4v) is 3.66. The second-order valence-electron chi connectivity index (χ2n) is 6.63. The predicted octanol–water partition coefficient (Wildman–Crippen LogP) is 3.85. The number of amidine groups is 1. The highest BCUT2D eigenvalue weighted by Crippen LogP contribution is 2.30. The minimum atomic E-state index is -0.677. The molecule has 25 heavy (non-hydrogen) atoms. The molecule has 1 atom stereocenters. The Morgan fingerprint density at radius 3 is 2.32 bits per heavy atom. The Kier molecular flexibility index (Phi) is 5.11. The summed E-state index contributed by atoms with van der Waals surface area (Å²) in [7, 11) is 0. The monoisotopic (exact) mass is 397 g/mol. The summed E-state index contributed by atoms with van der Waals surface area (Å²) in [5, 5.41) is 25.2. The molecule has 1 fully saturated rings. The van der Waals surface area contributed by atoms with Gasteiger partial charge in [0.25, 0.3) is 0 Å². The number of nitrogens with one attached hydrogen (secondary N) is 2. The van der Waals surface area contributed by atoms with Gasteiger partial charge in [-0.15, -0.1) is 0 Å². The predicted molar refractivity (Wildman–Crippen MR) is 100 cm³/mol. The summed E-state index contributed by atoms with van der Waals surface area (Å²) in [5.41, 5.74) is 0.786. The van der Waals surface area contributed by atoms with Gasteiger partial charge >= 0.3 is 0 Å². The molecule has 1 aliphatic carbocycles. The van der Waals surface area contributed by atoms with Crippen LogP contribution in [0.1, 0.15) is 44.6 Å². The van der Waals surface area contributed by atoms with E-state index >= 15 is 0 Å². The lowest BCUT2D eigenvalue weighted by molar-refractivity contribution is 0.433. The minimum Gasteiger partial charge on any atom is -0.358 e. The van der Waals surface area contributed by atoms with Crippen LogP contribution in [0.4, 0.5) is 0 Å². The first-order valence-electron chi connectivity index (χ1n) is 8.51. The van der Waals surface area contributed by atoms with Crippen LogP contribution in [-0.2, 0) is 5.54 Å². The standard InChI is InChI=1S/C19H20BrN5/c1-19(13-7-9-14(20)10-8-13)18(23-15-5-3-2-4-6-15)24-16(11-21)17(12-22)25-19/h7-10,15,25H,2-6H2,1H3,(H,23,24). The molecular formula is C19H20BrN5. The van der Waals surface area contributed by atoms with Crippen molar-refractivity contribution in [2.24, 2.45) is 4.99 Å². The average molecular weight is 398 g/mol. The van der Waals surface area contributed by atoms with Gasteiger partial charge in [-0.1, -0.05) is 47.3 Å². The van der Waals surface area contributed by atoms with Gasteiger partial charge in [0.2, 0.25) is 0 Å². The van der Waals surface area contributed by atoms with Gasteiger partial charge in [0, 0.05) is 4.47 Å². The SMILES string of the molecule is CC1(c2ccc(Br)cc2)NC(C#N)=C(C#N)NC1=NC1CCCCC1. The number of allylic oxidation sites excluding steroid dienone is 2. The van der Waals surface area contributed by atoms with E-state index in [1.165, 1.54) is 19.3 Å². The van der Waals surface area contributed by atoms with Crippen LogP contribution in [0.5, 0.6) is 0 Å². The lowest BCUT2D eigenvalue weighted by atomic mass is 9.87. The number of benzene rings is 1. The highest BCUT2D eigenvalue weighted by atomic mass is 79.9. The molecule has 1 aliphatic heterocycles. The molecule has 3 rings (SSSR count). The van der Waals surface area contributed by atoms with Crippen LogP contribution in [0.25, 0.3) is 0 Å². The number of hydrogen-bond acceptors (Lipinski definition) is 4. The highest BCUT2D eigenvalue weighted by molar-refractivity contribution is 9.10. The molecular weight excluding hydrogens is 378 g/mol. The van der Waals surface area contributed by atoms with E-state index in [0.29, 0.717) is 5.84 Å². The molecule has 0 spiro atoms. The molecule has 128 valence electrons. The van der Waals surface area contributed by atoms with E-state index in [2.05, 4.69) is 38.7 Å². The molecule has 1 saturated carbocycles. The van der Waals surface area contributed by atoms with Gasteiger partial charge in [0.1, 0.15) is 29.2 Å². The quantitative estimate of drug-likeness (QED) is 0.793. The molecule has 2 aliphatic rings. The first-order valence-corrected chi connectivity index (χ1v) is 9.30. The fraction of sp³-hybridized carbons (Fsp3) is 0.421. The Balaban J connectivity index is 2.06. The number of nitriles is 2. The van der Waals surface area contributed by atoms with Crippen molar-refractivity contribution in [1.82, 2.24) is 10.6 Å². The lowest BCUT2D eigenvalue weighted by Crippen LogP contribution is -2.56. The molecule has 1 heterocycles. The van der Waals surface area contributed by atoms with Crippen molar-refractivity contribution in [2.75, 3.05) is 0 Å². The minimum absolute atomic E-state index is 0.228. The third-order valence-corrected chi connectivity index (χ3v) is 5.40. The zero-order valence-electron chi connectivity index (χ0n) is 14.1. The second-order valence-corrected chi connectivity index (χ2v) is 7.54. The molecule has 1 unspecified atom stereocenters. The molecule has 0 bridgehead atoms. The van der Waals surface area contributed by atoms with Crippen molar-refractivity contribution < 1.29 is 0 Å². The summed E-state index contributed by atoms with van der Waals surface area (Å²) in [6, 6.07) is 12.4. The Morgan fingerprint density at radius 1 is 1.08 bits per heavy atom. The normalized spacial score (nSPS) is 25.7. The maximum atomic E-state index is 9.41. The van der Waals surface area contributed by atoms with Crippen molar-refractivity contribution in [2.45, 2.75) is 50.6 Å². The zero-order valence-corrected chi connectivity index (χ0v) is 15.7. The maximum absolute atomic E-state index is 9.41. The summed E-state index contributed by atoms with van der Waals surface area (Å²) in [6.07, 6.45) is 5.78. The number of nitrogens with zero attached hydrogens (tertiary/aromatic N) is 3. The first-order chi connectivity index (χ1) is 12.1. The van der Waals surface area contributed by atoms with Crippen LogP contribution in [0.3, 0.4) is 0 Å². The van der Waals surface area contributed by atoms with Gasteiger partial charge in [-0.3, -0.25) is 4.99 Å². The van der Waals surface area contributed by atoms with Crippen molar-refractivity contribution in [3.05, 3.63) is 45.7 Å². The van der Waals surface area contributed by atoms with Gasteiger partial charge in [0.05, 0.1) is 6.04 Å². The van der Waals surface area contributed by atoms with E-state index in [1.54, 1.807) is 0 Å². The number of aliphatic imine (C=N–C) groups is 1. The number of rotatable bonds is 2. The molecule has 0 radical (unpaired) electrons. The van der Waals surface area contributed by atoms with Crippen LogP contribution in [0, 0.1) is 22.7 Å². The van der Waals surface area contributed by atoms with Crippen LogP contribution >= 0.6 is 15.9 Å². The molecule has 5 nitrogen and oxygen atoms in total. The summed E-state index contributed by atoms with van der Waals surface area (Å²) >= 11 is 3.46. The molecule has 1 aromatic carbocycles. The molecule has 6 heteroatoms. The van der Waals surface area contributed by atoms with Gasteiger partial charge in [-0.05, 0) is 37.5 Å². The second kappa shape index (κ2) is 7.29. The van der Waals surface area contributed by atoms with E-state index in [4.69, 9.17) is 4.99 Å². The largest absolute Gasteiger partial charge is 0.358 e. The summed E-state index contributed by atoms with van der Waals surface area (Å²) in [4.78, 5) is 4.95. The first kappa shape index (κ1) is 17.5. The van der Waals surface area contributed by atoms with E-state index in [-0.39, 0.29) is 17.4 Å².